The highest BCUT2D eigenvalue weighted by molar-refractivity contribution is 14.1. The van der Waals surface area contributed by atoms with Crippen LogP contribution in [0.25, 0.3) is 0 Å². The summed E-state index contributed by atoms with van der Waals surface area (Å²) in [6.07, 6.45) is 0. The van der Waals surface area contributed by atoms with Crippen molar-refractivity contribution in [2.24, 2.45) is 5.73 Å². The van der Waals surface area contributed by atoms with Gasteiger partial charge in [0, 0.05) is 16.2 Å². The van der Waals surface area contributed by atoms with Crippen LogP contribution in [0, 0.1) is 3.57 Å². The van der Waals surface area contributed by atoms with Gasteiger partial charge in [0.1, 0.15) is 5.75 Å². The zero-order valence-corrected chi connectivity index (χ0v) is 10.5. The lowest BCUT2D eigenvalue weighted by molar-refractivity contribution is 0.0949. The van der Waals surface area contributed by atoms with E-state index in [1.165, 1.54) is 6.07 Å². The maximum atomic E-state index is 11.6. The third-order valence-corrected chi connectivity index (χ3v) is 2.46. The molecule has 0 aliphatic heterocycles. The van der Waals surface area contributed by atoms with Gasteiger partial charge in [-0.3, -0.25) is 4.79 Å². The lowest BCUT2D eigenvalue weighted by Gasteiger charge is -2.09. The van der Waals surface area contributed by atoms with Gasteiger partial charge in [-0.1, -0.05) is 0 Å². The number of benzene rings is 1. The molecule has 1 rings (SSSR count). The Morgan fingerprint density at radius 2 is 2.33 bits per heavy atom. The van der Waals surface area contributed by atoms with E-state index in [0.29, 0.717) is 6.54 Å². The van der Waals surface area contributed by atoms with Crippen molar-refractivity contribution in [3.63, 3.8) is 0 Å². The normalized spacial score (nSPS) is 12.2. The highest BCUT2D eigenvalue weighted by Crippen LogP contribution is 2.19. The van der Waals surface area contributed by atoms with Crippen molar-refractivity contribution in [1.82, 2.24) is 5.32 Å². The molecule has 5 heteroatoms. The summed E-state index contributed by atoms with van der Waals surface area (Å²) in [4.78, 5) is 11.6. The van der Waals surface area contributed by atoms with Gasteiger partial charge in [-0.15, -0.1) is 0 Å². The molecular formula is C10H13IN2O2. The van der Waals surface area contributed by atoms with Crippen molar-refractivity contribution < 1.29 is 9.90 Å². The number of carbonyl (C=O) groups excluding carboxylic acids is 1. The molecule has 0 heterocycles. The minimum atomic E-state index is -0.302. The number of carbonyl (C=O) groups is 1. The number of phenols is 1. The molecule has 1 aromatic carbocycles. The van der Waals surface area contributed by atoms with E-state index in [2.05, 4.69) is 27.9 Å². The second kappa shape index (κ2) is 5.32. The number of rotatable bonds is 3. The molecule has 4 nitrogen and oxygen atoms in total. The summed E-state index contributed by atoms with van der Waals surface area (Å²) < 4.78 is 0.899. The number of halogens is 1. The van der Waals surface area contributed by atoms with Gasteiger partial charge in [-0.2, -0.15) is 0 Å². The predicted octanol–water partition coefficient (Wildman–Crippen LogP) is 1.07. The third kappa shape index (κ3) is 3.67. The summed E-state index contributed by atoms with van der Waals surface area (Å²) in [5.74, 6) is -0.319. The minimum absolute atomic E-state index is 0.0161. The van der Waals surface area contributed by atoms with Gasteiger partial charge in [0.05, 0.1) is 5.56 Å². The highest BCUT2D eigenvalue weighted by Gasteiger charge is 2.11. The van der Waals surface area contributed by atoms with Crippen LogP contribution >= 0.6 is 22.6 Å². The number of hydrogen-bond acceptors (Lipinski definition) is 3. The van der Waals surface area contributed by atoms with Crippen LogP contribution in [0.15, 0.2) is 18.2 Å². The molecule has 0 saturated heterocycles. The average molecular weight is 320 g/mol. The van der Waals surface area contributed by atoms with Crippen molar-refractivity contribution in [2.45, 2.75) is 13.0 Å². The number of hydrogen-bond donors (Lipinski definition) is 3. The molecule has 82 valence electrons. The molecule has 1 atom stereocenters. The van der Waals surface area contributed by atoms with Crippen LogP contribution in [0.4, 0.5) is 0 Å². The first-order chi connectivity index (χ1) is 7.00. The highest BCUT2D eigenvalue weighted by atomic mass is 127. The Hall–Kier alpha value is -0.820. The van der Waals surface area contributed by atoms with Crippen LogP contribution in [-0.2, 0) is 0 Å². The Balaban J connectivity index is 2.77. The van der Waals surface area contributed by atoms with Crippen LogP contribution in [0.1, 0.15) is 17.3 Å². The molecule has 0 bridgehead atoms. The van der Waals surface area contributed by atoms with Crippen LogP contribution in [0.3, 0.4) is 0 Å². The number of phenolic OH excluding ortho intramolecular Hbond substituents is 1. The fourth-order valence-electron chi connectivity index (χ4n) is 1.04. The molecule has 1 amide bonds. The van der Waals surface area contributed by atoms with Gasteiger partial charge in [-0.25, -0.2) is 0 Å². The molecule has 0 aliphatic rings. The van der Waals surface area contributed by atoms with E-state index in [-0.39, 0.29) is 23.3 Å². The second-order valence-corrected chi connectivity index (χ2v) is 4.59. The molecule has 0 aromatic heterocycles. The second-order valence-electron chi connectivity index (χ2n) is 3.35. The fraction of sp³-hybridized carbons (Fsp3) is 0.300. The molecule has 4 N–H and O–H groups in total. The van der Waals surface area contributed by atoms with Crippen molar-refractivity contribution in [3.05, 3.63) is 27.3 Å². The van der Waals surface area contributed by atoms with E-state index in [1.807, 2.05) is 0 Å². The molecular weight excluding hydrogens is 307 g/mol. The fourth-order valence-corrected chi connectivity index (χ4v) is 1.53. The van der Waals surface area contributed by atoms with Gasteiger partial charge in [0.15, 0.2) is 0 Å². The first-order valence-electron chi connectivity index (χ1n) is 4.53. The van der Waals surface area contributed by atoms with Crippen molar-refractivity contribution in [1.29, 1.82) is 0 Å². The summed E-state index contributed by atoms with van der Waals surface area (Å²) in [6, 6.07) is 4.77. The van der Waals surface area contributed by atoms with Gasteiger partial charge < -0.3 is 16.2 Å². The van der Waals surface area contributed by atoms with Gasteiger partial charge in [-0.05, 0) is 47.7 Å². The number of amides is 1. The monoisotopic (exact) mass is 320 g/mol. The van der Waals surface area contributed by atoms with Crippen molar-refractivity contribution in [3.8, 4) is 5.75 Å². The predicted molar refractivity (Wildman–Crippen MR) is 66.8 cm³/mol. The molecule has 1 unspecified atom stereocenters. The van der Waals surface area contributed by atoms with Crippen molar-refractivity contribution in [2.75, 3.05) is 6.54 Å². The largest absolute Gasteiger partial charge is 0.507 e. The zero-order valence-electron chi connectivity index (χ0n) is 8.33. The molecule has 0 spiro atoms. The minimum Gasteiger partial charge on any atom is -0.507 e. The molecule has 15 heavy (non-hydrogen) atoms. The van der Waals surface area contributed by atoms with E-state index in [0.717, 1.165) is 3.57 Å². The Kier molecular flexibility index (Phi) is 4.34. The van der Waals surface area contributed by atoms with Gasteiger partial charge in [0.2, 0.25) is 0 Å². The lowest BCUT2D eigenvalue weighted by atomic mass is 10.2. The summed E-state index contributed by atoms with van der Waals surface area (Å²) in [7, 11) is 0. The van der Waals surface area contributed by atoms with Crippen LogP contribution in [0.5, 0.6) is 5.75 Å². The van der Waals surface area contributed by atoms with Crippen LogP contribution < -0.4 is 11.1 Å². The molecule has 0 radical (unpaired) electrons. The molecule has 1 aromatic rings. The van der Waals surface area contributed by atoms with Crippen LogP contribution in [-0.4, -0.2) is 23.6 Å². The van der Waals surface area contributed by atoms with Crippen molar-refractivity contribution >= 4 is 28.5 Å². The Morgan fingerprint density at radius 3 is 2.93 bits per heavy atom. The van der Waals surface area contributed by atoms with E-state index in [9.17, 15) is 9.90 Å². The summed E-state index contributed by atoms with van der Waals surface area (Å²) in [5.41, 5.74) is 5.79. The molecule has 0 aliphatic carbocycles. The first kappa shape index (κ1) is 12.3. The molecule has 0 fully saturated rings. The Bertz CT molecular complexity index is 366. The Labute approximate surface area is 102 Å². The zero-order chi connectivity index (χ0) is 11.4. The molecule has 0 saturated carbocycles. The van der Waals surface area contributed by atoms with E-state index >= 15 is 0 Å². The average Bonchev–Trinajstić information content (AvgIpc) is 2.18. The lowest BCUT2D eigenvalue weighted by Crippen LogP contribution is -2.35. The quantitative estimate of drug-likeness (QED) is 0.730. The summed E-state index contributed by atoms with van der Waals surface area (Å²) >= 11 is 2.08. The van der Waals surface area contributed by atoms with Crippen LogP contribution in [0.2, 0.25) is 0 Å². The third-order valence-electron chi connectivity index (χ3n) is 1.79. The number of nitrogens with two attached hydrogens (primary N) is 1. The maximum Gasteiger partial charge on any atom is 0.255 e. The van der Waals surface area contributed by atoms with Gasteiger partial charge in [0.25, 0.3) is 5.91 Å². The smallest absolute Gasteiger partial charge is 0.255 e. The Morgan fingerprint density at radius 1 is 1.67 bits per heavy atom. The SMILES string of the molecule is CC(N)CNC(=O)c1cc(I)ccc1O. The standard InChI is InChI=1S/C10H13IN2O2/c1-6(12)5-13-10(15)8-4-7(11)2-3-9(8)14/h2-4,6,14H,5,12H2,1H3,(H,13,15). The summed E-state index contributed by atoms with van der Waals surface area (Å²) in [6.45, 7) is 2.19. The first-order valence-corrected chi connectivity index (χ1v) is 5.61. The van der Waals surface area contributed by atoms with E-state index in [4.69, 9.17) is 5.73 Å². The van der Waals surface area contributed by atoms with E-state index in [1.54, 1.807) is 19.1 Å². The van der Waals surface area contributed by atoms with Gasteiger partial charge >= 0.3 is 0 Å². The summed E-state index contributed by atoms with van der Waals surface area (Å²) in [5, 5.41) is 12.1. The number of nitrogens with one attached hydrogen (secondary N) is 1. The number of aromatic hydroxyl groups is 1. The topological polar surface area (TPSA) is 75.3 Å². The maximum absolute atomic E-state index is 11.6. The van der Waals surface area contributed by atoms with E-state index < -0.39 is 0 Å².